The Bertz CT molecular complexity index is 302. The zero-order chi connectivity index (χ0) is 10.0. The van der Waals surface area contributed by atoms with Crippen LogP contribution in [0.3, 0.4) is 0 Å². The average molecular weight is 274 g/mol. The summed E-state index contributed by atoms with van der Waals surface area (Å²) in [7, 11) is 0. The van der Waals surface area contributed by atoms with Crippen LogP contribution >= 0.6 is 27.3 Å². The Labute approximate surface area is 98.0 Å². The summed E-state index contributed by atoms with van der Waals surface area (Å²) in [5.74, 6) is 0. The molecule has 1 aliphatic rings. The van der Waals surface area contributed by atoms with Gasteiger partial charge in [-0.05, 0) is 60.3 Å². The lowest BCUT2D eigenvalue weighted by molar-refractivity contribution is 0.362. The highest BCUT2D eigenvalue weighted by Crippen LogP contribution is 2.31. The summed E-state index contributed by atoms with van der Waals surface area (Å²) < 4.78 is 1.25. The van der Waals surface area contributed by atoms with Crippen LogP contribution in [0.5, 0.6) is 0 Å². The van der Waals surface area contributed by atoms with Crippen LogP contribution < -0.4 is 5.32 Å². The van der Waals surface area contributed by atoms with Crippen LogP contribution in [0.25, 0.3) is 0 Å². The number of halogens is 1. The highest BCUT2D eigenvalue weighted by molar-refractivity contribution is 9.11. The smallest absolute Gasteiger partial charge is 0.0701 e. The maximum atomic E-state index is 3.67. The normalized spacial score (nSPS) is 27.0. The second-order valence-electron chi connectivity index (χ2n) is 4.05. The van der Waals surface area contributed by atoms with E-state index in [0.717, 1.165) is 0 Å². The highest BCUT2D eigenvalue weighted by Gasteiger charge is 2.31. The standard InChI is InChI=1S/C11H16BrNS/c1-2-11(6-3-7-13-11)8-9-4-5-10(12)14-9/h4-5,13H,2-3,6-8H2,1H3. The molecule has 0 bridgehead atoms. The van der Waals surface area contributed by atoms with Gasteiger partial charge in [0, 0.05) is 10.4 Å². The molecule has 1 N–H and O–H groups in total. The van der Waals surface area contributed by atoms with Crippen molar-refractivity contribution in [3.63, 3.8) is 0 Å². The molecule has 14 heavy (non-hydrogen) atoms. The second kappa shape index (κ2) is 4.33. The minimum absolute atomic E-state index is 0.393. The molecule has 3 heteroatoms. The van der Waals surface area contributed by atoms with Gasteiger partial charge in [-0.25, -0.2) is 0 Å². The highest BCUT2D eigenvalue weighted by atomic mass is 79.9. The molecule has 1 aromatic heterocycles. The van der Waals surface area contributed by atoms with E-state index in [1.807, 2.05) is 11.3 Å². The van der Waals surface area contributed by atoms with Gasteiger partial charge in [0.05, 0.1) is 3.79 Å². The van der Waals surface area contributed by atoms with E-state index in [-0.39, 0.29) is 0 Å². The van der Waals surface area contributed by atoms with Crippen LogP contribution in [0.2, 0.25) is 0 Å². The molecule has 1 aromatic rings. The molecule has 1 unspecified atom stereocenters. The van der Waals surface area contributed by atoms with E-state index in [4.69, 9.17) is 0 Å². The summed E-state index contributed by atoms with van der Waals surface area (Å²) >= 11 is 5.38. The van der Waals surface area contributed by atoms with Gasteiger partial charge in [-0.1, -0.05) is 6.92 Å². The Hall–Kier alpha value is 0.140. The first-order chi connectivity index (χ1) is 6.74. The topological polar surface area (TPSA) is 12.0 Å². The van der Waals surface area contributed by atoms with Crippen molar-refractivity contribution in [3.05, 3.63) is 20.8 Å². The third-order valence-corrected chi connectivity index (χ3v) is 4.77. The van der Waals surface area contributed by atoms with E-state index in [2.05, 4.69) is 40.3 Å². The van der Waals surface area contributed by atoms with E-state index in [9.17, 15) is 0 Å². The van der Waals surface area contributed by atoms with E-state index < -0.39 is 0 Å². The fourth-order valence-corrected chi connectivity index (χ4v) is 3.85. The molecular weight excluding hydrogens is 258 g/mol. The molecule has 0 aliphatic carbocycles. The zero-order valence-corrected chi connectivity index (χ0v) is 10.9. The van der Waals surface area contributed by atoms with Crippen LogP contribution in [-0.4, -0.2) is 12.1 Å². The Morgan fingerprint density at radius 3 is 2.93 bits per heavy atom. The summed E-state index contributed by atoms with van der Waals surface area (Å²) in [5, 5.41) is 3.67. The van der Waals surface area contributed by atoms with Crippen LogP contribution in [0, 0.1) is 0 Å². The van der Waals surface area contributed by atoms with Crippen molar-refractivity contribution in [1.82, 2.24) is 5.32 Å². The number of nitrogens with one attached hydrogen (secondary N) is 1. The van der Waals surface area contributed by atoms with Crippen molar-refractivity contribution in [2.45, 2.75) is 38.1 Å². The molecule has 2 rings (SSSR count). The van der Waals surface area contributed by atoms with Crippen LogP contribution in [-0.2, 0) is 6.42 Å². The fourth-order valence-electron chi connectivity index (χ4n) is 2.23. The average Bonchev–Trinajstić information content (AvgIpc) is 2.77. The minimum Gasteiger partial charge on any atom is -0.311 e. The van der Waals surface area contributed by atoms with Crippen molar-refractivity contribution in [2.75, 3.05) is 6.54 Å². The first-order valence-corrected chi connectivity index (χ1v) is 6.84. The maximum absolute atomic E-state index is 3.67. The largest absolute Gasteiger partial charge is 0.311 e. The molecule has 1 aliphatic heterocycles. The fraction of sp³-hybridized carbons (Fsp3) is 0.636. The van der Waals surface area contributed by atoms with Crippen molar-refractivity contribution in [1.29, 1.82) is 0 Å². The Balaban J connectivity index is 2.08. The number of thiophene rings is 1. The third-order valence-electron chi connectivity index (χ3n) is 3.15. The lowest BCUT2D eigenvalue weighted by atomic mass is 9.90. The molecule has 1 fully saturated rings. The number of hydrogen-bond acceptors (Lipinski definition) is 2. The van der Waals surface area contributed by atoms with Gasteiger partial charge in [-0.2, -0.15) is 0 Å². The molecule has 0 radical (unpaired) electrons. The van der Waals surface area contributed by atoms with E-state index in [1.165, 1.54) is 40.9 Å². The monoisotopic (exact) mass is 273 g/mol. The quantitative estimate of drug-likeness (QED) is 0.888. The summed E-state index contributed by atoms with van der Waals surface area (Å²) in [6.45, 7) is 3.49. The first kappa shape index (κ1) is 10.7. The van der Waals surface area contributed by atoms with Gasteiger partial charge in [0.15, 0.2) is 0 Å². The first-order valence-electron chi connectivity index (χ1n) is 5.23. The van der Waals surface area contributed by atoms with Gasteiger partial charge < -0.3 is 5.32 Å². The molecule has 0 amide bonds. The van der Waals surface area contributed by atoms with E-state index in [1.54, 1.807) is 0 Å². The third kappa shape index (κ3) is 2.20. The molecule has 2 heterocycles. The van der Waals surface area contributed by atoms with Crippen molar-refractivity contribution in [2.24, 2.45) is 0 Å². The predicted octanol–water partition coefficient (Wildman–Crippen LogP) is 3.59. The Morgan fingerprint density at radius 1 is 1.57 bits per heavy atom. The molecule has 0 spiro atoms. The summed E-state index contributed by atoms with van der Waals surface area (Å²) in [6.07, 6.45) is 5.10. The molecule has 1 saturated heterocycles. The SMILES string of the molecule is CCC1(Cc2ccc(Br)s2)CCCN1. The summed E-state index contributed by atoms with van der Waals surface area (Å²) in [4.78, 5) is 1.49. The molecule has 1 atom stereocenters. The van der Waals surface area contributed by atoms with Crippen molar-refractivity contribution < 1.29 is 0 Å². The summed E-state index contributed by atoms with van der Waals surface area (Å²) in [5.41, 5.74) is 0.393. The van der Waals surface area contributed by atoms with Crippen LogP contribution in [0.4, 0.5) is 0 Å². The number of hydrogen-bond donors (Lipinski definition) is 1. The molecule has 78 valence electrons. The van der Waals surface area contributed by atoms with Gasteiger partial charge in [0.25, 0.3) is 0 Å². The molecule has 1 nitrogen and oxygen atoms in total. The van der Waals surface area contributed by atoms with Gasteiger partial charge >= 0.3 is 0 Å². The second-order valence-corrected chi connectivity index (χ2v) is 6.59. The lowest BCUT2D eigenvalue weighted by Crippen LogP contribution is -2.40. The molecule has 0 saturated carbocycles. The van der Waals surface area contributed by atoms with Crippen LogP contribution in [0.15, 0.2) is 15.9 Å². The van der Waals surface area contributed by atoms with Gasteiger partial charge in [0.1, 0.15) is 0 Å². The minimum atomic E-state index is 0.393. The van der Waals surface area contributed by atoms with Gasteiger partial charge in [0.2, 0.25) is 0 Å². The van der Waals surface area contributed by atoms with Crippen LogP contribution in [0.1, 0.15) is 31.1 Å². The Kier molecular flexibility index (Phi) is 3.30. The van der Waals surface area contributed by atoms with Crippen molar-refractivity contribution >= 4 is 27.3 Å². The predicted molar refractivity (Wildman–Crippen MR) is 66.0 cm³/mol. The maximum Gasteiger partial charge on any atom is 0.0701 e. The van der Waals surface area contributed by atoms with Gasteiger partial charge in [-0.3, -0.25) is 0 Å². The Morgan fingerprint density at radius 2 is 2.43 bits per heavy atom. The zero-order valence-electron chi connectivity index (χ0n) is 8.48. The summed E-state index contributed by atoms with van der Waals surface area (Å²) in [6, 6.07) is 4.39. The lowest BCUT2D eigenvalue weighted by Gasteiger charge is -2.27. The van der Waals surface area contributed by atoms with E-state index in [0.29, 0.717) is 5.54 Å². The number of rotatable bonds is 3. The molecular formula is C11H16BrNS. The molecule has 0 aromatic carbocycles. The van der Waals surface area contributed by atoms with Crippen molar-refractivity contribution in [3.8, 4) is 0 Å². The van der Waals surface area contributed by atoms with E-state index >= 15 is 0 Å². The van der Waals surface area contributed by atoms with Gasteiger partial charge in [-0.15, -0.1) is 11.3 Å².